The van der Waals surface area contributed by atoms with Crippen LogP contribution in [0, 0.1) is 10.1 Å². The van der Waals surface area contributed by atoms with Gasteiger partial charge < -0.3 is 4.84 Å². The third-order valence-electron chi connectivity index (χ3n) is 3.52. The summed E-state index contributed by atoms with van der Waals surface area (Å²) in [6.45, 7) is -0.174. The van der Waals surface area contributed by atoms with Crippen LogP contribution in [0.4, 0.5) is 5.69 Å². The first-order chi connectivity index (χ1) is 11.9. The Morgan fingerprint density at radius 1 is 1.36 bits per heavy atom. The summed E-state index contributed by atoms with van der Waals surface area (Å²) >= 11 is 0. The average Bonchev–Trinajstić information content (AvgIpc) is 3.08. The molecule has 0 aliphatic rings. The Labute approximate surface area is 138 Å². The lowest BCUT2D eigenvalue weighted by atomic mass is 10.2. The van der Waals surface area contributed by atoms with E-state index in [2.05, 4.69) is 9.99 Å². The first-order valence-corrected chi connectivity index (χ1v) is 7.04. The smallest absolute Gasteiger partial charge is 0.313 e. The number of aryl methyl sites for hydroxylation is 1. The molecule has 0 atom stereocenters. The van der Waals surface area contributed by atoms with Crippen molar-refractivity contribution in [2.45, 2.75) is 6.54 Å². The topological polar surface area (TPSA) is 125 Å². The molecule has 10 nitrogen and oxygen atoms in total. The van der Waals surface area contributed by atoms with Crippen LogP contribution in [0.25, 0.3) is 10.8 Å². The molecule has 0 saturated carbocycles. The Kier molecular flexibility index (Phi) is 3.93. The van der Waals surface area contributed by atoms with E-state index in [4.69, 9.17) is 0 Å². The van der Waals surface area contributed by atoms with Crippen molar-refractivity contribution in [2.24, 2.45) is 12.2 Å². The summed E-state index contributed by atoms with van der Waals surface area (Å²) < 4.78 is 3.22. The van der Waals surface area contributed by atoms with Crippen molar-refractivity contribution in [3.05, 3.63) is 72.8 Å². The molecule has 3 aromatic rings. The van der Waals surface area contributed by atoms with Crippen LogP contribution < -0.4 is 20.8 Å². The van der Waals surface area contributed by atoms with Crippen LogP contribution in [-0.2, 0) is 23.2 Å². The molecule has 0 amide bonds. The van der Waals surface area contributed by atoms with Crippen molar-refractivity contribution in [1.82, 2.24) is 4.57 Å². The predicted octanol–water partition coefficient (Wildman–Crippen LogP) is -0.971. The number of fused-ring (bicyclic) bond motifs is 1. The first kappa shape index (κ1) is 16.2. The van der Waals surface area contributed by atoms with Gasteiger partial charge in [-0.15, -0.1) is 0 Å². The second-order valence-electron chi connectivity index (χ2n) is 5.27. The van der Waals surface area contributed by atoms with Gasteiger partial charge in [-0.3, -0.25) is 19.7 Å². The van der Waals surface area contributed by atoms with E-state index in [0.717, 1.165) is 6.07 Å². The predicted molar refractivity (Wildman–Crippen MR) is 82.8 cm³/mol. The zero-order valence-corrected chi connectivity index (χ0v) is 12.9. The minimum atomic E-state index is -0.938. The lowest BCUT2D eigenvalue weighted by molar-refractivity contribution is -0.685. The fourth-order valence-corrected chi connectivity index (χ4v) is 2.42. The summed E-state index contributed by atoms with van der Waals surface area (Å²) in [6.07, 6.45) is 4.96. The van der Waals surface area contributed by atoms with Crippen molar-refractivity contribution < 1.29 is 19.1 Å². The molecule has 0 unspecified atom stereocenters. The van der Waals surface area contributed by atoms with E-state index in [1.165, 1.54) is 16.7 Å². The van der Waals surface area contributed by atoms with Gasteiger partial charge in [0.1, 0.15) is 17.8 Å². The third kappa shape index (κ3) is 2.92. The largest absolute Gasteiger partial charge is 0.376 e. The maximum Gasteiger partial charge on any atom is 0.376 e. The number of aromatic nitrogens is 2. The monoisotopic (exact) mass is 343 g/mol. The zero-order valence-electron chi connectivity index (χ0n) is 12.9. The summed E-state index contributed by atoms with van der Waals surface area (Å²) in [4.78, 5) is 51.0. The Hall–Kier alpha value is -3.69. The van der Waals surface area contributed by atoms with Gasteiger partial charge in [-0.05, 0) is 6.07 Å². The molecule has 0 radical (unpaired) electrons. The van der Waals surface area contributed by atoms with Crippen molar-refractivity contribution >= 4 is 22.4 Å². The molecule has 0 bridgehead atoms. The van der Waals surface area contributed by atoms with Crippen LogP contribution >= 0.6 is 0 Å². The summed E-state index contributed by atoms with van der Waals surface area (Å²) in [5, 5.41) is 13.2. The quantitative estimate of drug-likeness (QED) is 0.260. The molecule has 0 fully saturated rings. The number of nitro groups is 1. The molecule has 0 spiro atoms. The van der Waals surface area contributed by atoms with Gasteiger partial charge in [-0.2, -0.15) is 0 Å². The first-order valence-electron chi connectivity index (χ1n) is 7.04. The van der Waals surface area contributed by atoms with Gasteiger partial charge in [-0.1, -0.05) is 11.2 Å². The number of carbonyl (C=O) groups is 1. The van der Waals surface area contributed by atoms with Crippen LogP contribution in [0.5, 0.6) is 0 Å². The van der Waals surface area contributed by atoms with Gasteiger partial charge >= 0.3 is 5.97 Å². The maximum atomic E-state index is 12.3. The molecule has 0 aliphatic heterocycles. The number of hydrogen-bond acceptors (Lipinski definition) is 7. The van der Waals surface area contributed by atoms with Crippen LogP contribution in [-0.4, -0.2) is 15.5 Å². The zero-order chi connectivity index (χ0) is 18.1. The van der Waals surface area contributed by atoms with Crippen molar-refractivity contribution in [1.29, 1.82) is 0 Å². The fourth-order valence-electron chi connectivity index (χ4n) is 2.42. The number of hydrogen-bond donors (Lipinski definition) is 0. The number of imidazole rings is 1. The Bertz CT molecular complexity index is 1150. The summed E-state index contributed by atoms with van der Waals surface area (Å²) in [5.74, 6) is -0.797. The molecule has 126 valence electrons. The summed E-state index contributed by atoms with van der Waals surface area (Å²) in [7, 11) is 1.77. The van der Waals surface area contributed by atoms with Crippen LogP contribution in [0.15, 0.2) is 51.7 Å². The fraction of sp³-hybridized carbons (Fsp3) is 0.133. The Morgan fingerprint density at radius 2 is 2.12 bits per heavy atom. The second kappa shape index (κ2) is 6.07. The van der Waals surface area contributed by atoms with Crippen LogP contribution in [0.1, 0.15) is 0 Å². The summed E-state index contributed by atoms with van der Waals surface area (Å²) in [5.41, 5.74) is -2.25. The number of benzene rings is 1. The number of nitrogens with zero attached hydrogens (tertiary/aromatic N) is 4. The molecule has 0 aliphatic carbocycles. The van der Waals surface area contributed by atoms with E-state index in [9.17, 15) is 24.5 Å². The lowest BCUT2D eigenvalue weighted by Crippen LogP contribution is -2.37. The van der Waals surface area contributed by atoms with E-state index in [1.54, 1.807) is 30.3 Å². The maximum absolute atomic E-state index is 12.3. The van der Waals surface area contributed by atoms with Crippen molar-refractivity contribution in [3.8, 4) is 0 Å². The molecular weight excluding hydrogens is 332 g/mol. The third-order valence-corrected chi connectivity index (χ3v) is 3.52. The lowest BCUT2D eigenvalue weighted by Gasteiger charge is -1.93. The number of rotatable bonds is 4. The molecule has 0 N–H and O–H groups in total. The molecule has 1 aromatic heterocycles. The SMILES string of the molecule is Cn1cc[n+](CC(=O)ON=c2c(=O)c3cccc([N+](=O)[O-])c3c2=O)c1. The number of non-ortho nitro benzene ring substituents is 1. The molecule has 2 aromatic carbocycles. The highest BCUT2D eigenvalue weighted by molar-refractivity contribution is 5.91. The standard InChI is InChI=1S/C15H11N4O6/c1-17-5-6-18(8-17)7-11(20)25-16-13-14(21)9-3-2-4-10(19(23)24)12(9)15(13)22/h2-6,8H,7H2,1H3/q+1. The van der Waals surface area contributed by atoms with E-state index in [-0.39, 0.29) is 17.3 Å². The van der Waals surface area contributed by atoms with E-state index in [1.807, 2.05) is 0 Å². The van der Waals surface area contributed by atoms with Gasteiger partial charge in [0.05, 0.1) is 12.0 Å². The highest BCUT2D eigenvalue weighted by Gasteiger charge is 2.21. The molecular formula is C15H11N4O6+. The van der Waals surface area contributed by atoms with Gasteiger partial charge in [0.2, 0.25) is 17.2 Å². The van der Waals surface area contributed by atoms with E-state index < -0.39 is 32.8 Å². The Balaban J connectivity index is 1.98. The normalized spacial score (nSPS) is 11.8. The van der Waals surface area contributed by atoms with Crippen LogP contribution in [0.3, 0.4) is 0 Å². The van der Waals surface area contributed by atoms with E-state index in [0.29, 0.717) is 0 Å². The molecule has 1 heterocycles. The number of carbonyl (C=O) groups excluding carboxylic acids is 1. The number of nitro benzene ring substituents is 1. The minimum absolute atomic E-state index is 0.133. The average molecular weight is 343 g/mol. The Morgan fingerprint density at radius 3 is 2.76 bits per heavy atom. The second-order valence-corrected chi connectivity index (χ2v) is 5.27. The van der Waals surface area contributed by atoms with Gasteiger partial charge in [0.25, 0.3) is 5.69 Å². The molecule has 3 rings (SSSR count). The van der Waals surface area contributed by atoms with Gasteiger partial charge in [0, 0.05) is 11.5 Å². The van der Waals surface area contributed by atoms with Crippen molar-refractivity contribution in [3.63, 3.8) is 0 Å². The van der Waals surface area contributed by atoms with Crippen molar-refractivity contribution in [2.75, 3.05) is 0 Å². The van der Waals surface area contributed by atoms with E-state index >= 15 is 0 Å². The van der Waals surface area contributed by atoms with Gasteiger partial charge in [0.15, 0.2) is 11.9 Å². The minimum Gasteiger partial charge on any atom is -0.313 e. The highest BCUT2D eigenvalue weighted by Crippen LogP contribution is 2.18. The van der Waals surface area contributed by atoms with Gasteiger partial charge in [-0.25, -0.2) is 13.9 Å². The molecule has 0 saturated heterocycles. The molecule has 25 heavy (non-hydrogen) atoms. The molecule has 10 heteroatoms. The van der Waals surface area contributed by atoms with Crippen LogP contribution in [0.2, 0.25) is 0 Å². The highest BCUT2D eigenvalue weighted by atomic mass is 16.7. The summed E-state index contributed by atoms with van der Waals surface area (Å²) in [6, 6.07) is 3.70.